The molecule has 0 unspecified atom stereocenters. The van der Waals surface area contributed by atoms with Gasteiger partial charge in [0.05, 0.1) is 18.6 Å². The molecular weight excluding hydrogens is 534 g/mol. The smallest absolute Gasteiger partial charge is 0.271 e. The summed E-state index contributed by atoms with van der Waals surface area (Å²) in [6, 6.07) is 24.4. The van der Waals surface area contributed by atoms with Crippen LogP contribution in [0.5, 0.6) is 0 Å². The number of hydrogen-bond donors (Lipinski definition) is 6. The number of carbonyl (C=O) groups is 3. The van der Waals surface area contributed by atoms with E-state index in [4.69, 9.17) is 17.2 Å². The Morgan fingerprint density at radius 2 is 0.690 bits per heavy atom. The van der Waals surface area contributed by atoms with Gasteiger partial charge in [0, 0.05) is 33.8 Å². The fraction of sp³-hybridized carbons (Fsp3) is 0. The van der Waals surface area contributed by atoms with E-state index < -0.39 is 17.7 Å². The van der Waals surface area contributed by atoms with Crippen LogP contribution in [0.25, 0.3) is 0 Å². The number of nitrogens with zero attached hydrogens (tertiary/aromatic N) is 3. The van der Waals surface area contributed by atoms with Crippen LogP contribution >= 0.6 is 0 Å². The second-order valence-corrected chi connectivity index (χ2v) is 8.90. The van der Waals surface area contributed by atoms with E-state index in [1.165, 1.54) is 18.6 Å². The predicted octanol–water partition coefficient (Wildman–Crippen LogP) is 2.72. The fourth-order valence-electron chi connectivity index (χ4n) is 3.52. The molecule has 0 aliphatic heterocycles. The number of amides is 3. The SMILES string of the molecule is Nc1ccc(C(=O)N/N=C\c2cc(/C=N/NC(=O)c3ccc(N)cc3)cc(/C=N/NC(=O)c3ccc(N)cc3)c2)cc1. The van der Waals surface area contributed by atoms with Crippen molar-refractivity contribution in [2.24, 2.45) is 15.3 Å². The zero-order valence-corrected chi connectivity index (χ0v) is 22.2. The van der Waals surface area contributed by atoms with Crippen LogP contribution in [0, 0.1) is 0 Å². The zero-order chi connectivity index (χ0) is 29.9. The number of benzene rings is 4. The van der Waals surface area contributed by atoms with Crippen LogP contribution in [0.4, 0.5) is 17.1 Å². The molecule has 4 aromatic rings. The summed E-state index contributed by atoms with van der Waals surface area (Å²) < 4.78 is 0. The number of hydrazone groups is 3. The number of nitrogens with one attached hydrogen (secondary N) is 3. The Morgan fingerprint density at radius 3 is 0.929 bits per heavy atom. The molecule has 210 valence electrons. The van der Waals surface area contributed by atoms with Crippen molar-refractivity contribution in [2.45, 2.75) is 0 Å². The van der Waals surface area contributed by atoms with E-state index in [-0.39, 0.29) is 0 Å². The average Bonchev–Trinajstić information content (AvgIpc) is 2.98. The molecule has 0 spiro atoms. The Hall–Kier alpha value is -6.30. The summed E-state index contributed by atoms with van der Waals surface area (Å²) in [5, 5.41) is 12.1. The Labute approximate surface area is 241 Å². The van der Waals surface area contributed by atoms with Crippen LogP contribution in [0.15, 0.2) is 106 Å². The minimum absolute atomic E-state index is 0.392. The van der Waals surface area contributed by atoms with E-state index in [9.17, 15) is 14.4 Å². The highest BCUT2D eigenvalue weighted by atomic mass is 16.2. The molecule has 9 N–H and O–H groups in total. The van der Waals surface area contributed by atoms with Crippen molar-refractivity contribution >= 4 is 53.4 Å². The number of nitrogen functional groups attached to an aromatic ring is 3. The molecule has 0 heterocycles. The number of nitrogens with two attached hydrogens (primary N) is 3. The van der Waals surface area contributed by atoms with Crippen molar-refractivity contribution in [3.05, 3.63) is 124 Å². The second kappa shape index (κ2) is 13.7. The maximum atomic E-state index is 12.4. The van der Waals surface area contributed by atoms with Gasteiger partial charge in [-0.2, -0.15) is 15.3 Å². The summed E-state index contributed by atoms with van der Waals surface area (Å²) in [4.78, 5) is 37.1. The zero-order valence-electron chi connectivity index (χ0n) is 22.2. The standard InChI is InChI=1S/C30H27N9O3/c31-25-7-1-22(2-8-25)28(40)37-34-16-19-13-20(17-35-38-29(41)23-3-9-26(32)10-4-23)15-21(14-19)18-36-39-30(42)24-5-11-27(33)12-6-24/h1-18H,31-33H2,(H,37,40)(H,38,41)(H,39,42)/b34-16-,35-17+,36-18+. The van der Waals surface area contributed by atoms with Crippen LogP contribution in [0.2, 0.25) is 0 Å². The molecule has 12 nitrogen and oxygen atoms in total. The van der Waals surface area contributed by atoms with Crippen molar-refractivity contribution in [1.82, 2.24) is 16.3 Å². The van der Waals surface area contributed by atoms with Gasteiger partial charge in [-0.05, 0) is 108 Å². The summed E-state index contributed by atoms with van der Waals surface area (Å²) in [6.07, 6.45) is 4.30. The molecular formula is C30H27N9O3. The number of anilines is 3. The van der Waals surface area contributed by atoms with E-state index in [1.54, 1.807) is 91.0 Å². The van der Waals surface area contributed by atoms with Crippen LogP contribution in [-0.4, -0.2) is 36.4 Å². The van der Waals surface area contributed by atoms with E-state index in [2.05, 4.69) is 31.6 Å². The normalized spacial score (nSPS) is 11.1. The van der Waals surface area contributed by atoms with Crippen LogP contribution in [0.1, 0.15) is 47.8 Å². The lowest BCUT2D eigenvalue weighted by atomic mass is 10.1. The van der Waals surface area contributed by atoms with E-state index in [0.29, 0.717) is 50.4 Å². The number of rotatable bonds is 9. The molecule has 4 rings (SSSR count). The van der Waals surface area contributed by atoms with Gasteiger partial charge in [0.2, 0.25) is 0 Å². The van der Waals surface area contributed by atoms with Gasteiger partial charge in [-0.15, -0.1) is 0 Å². The lowest BCUT2D eigenvalue weighted by Crippen LogP contribution is -2.18. The topological polar surface area (TPSA) is 202 Å². The van der Waals surface area contributed by atoms with Gasteiger partial charge in [0.25, 0.3) is 17.7 Å². The highest BCUT2D eigenvalue weighted by Gasteiger charge is 2.06. The minimum atomic E-state index is -0.415. The van der Waals surface area contributed by atoms with Gasteiger partial charge in [0.1, 0.15) is 0 Å². The molecule has 3 amide bonds. The molecule has 0 fully saturated rings. The Balaban J connectivity index is 1.49. The van der Waals surface area contributed by atoms with Crippen molar-refractivity contribution < 1.29 is 14.4 Å². The monoisotopic (exact) mass is 561 g/mol. The first-order valence-corrected chi connectivity index (χ1v) is 12.5. The van der Waals surface area contributed by atoms with Crippen LogP contribution in [0.3, 0.4) is 0 Å². The maximum absolute atomic E-state index is 12.4. The number of carbonyl (C=O) groups excluding carboxylic acids is 3. The molecule has 0 radical (unpaired) electrons. The van der Waals surface area contributed by atoms with Crippen molar-refractivity contribution in [1.29, 1.82) is 0 Å². The first kappa shape index (κ1) is 28.7. The van der Waals surface area contributed by atoms with E-state index in [0.717, 1.165) is 0 Å². The molecule has 42 heavy (non-hydrogen) atoms. The third-order valence-corrected chi connectivity index (χ3v) is 5.66. The molecule has 4 aromatic carbocycles. The first-order chi connectivity index (χ1) is 20.3. The van der Waals surface area contributed by atoms with Crippen molar-refractivity contribution in [3.8, 4) is 0 Å². The third-order valence-electron chi connectivity index (χ3n) is 5.66. The van der Waals surface area contributed by atoms with Gasteiger partial charge in [-0.3, -0.25) is 14.4 Å². The van der Waals surface area contributed by atoms with Gasteiger partial charge in [0.15, 0.2) is 0 Å². The number of hydrogen-bond acceptors (Lipinski definition) is 9. The summed E-state index contributed by atoms with van der Waals surface area (Å²) >= 11 is 0. The maximum Gasteiger partial charge on any atom is 0.271 e. The molecule has 0 saturated carbocycles. The highest BCUT2D eigenvalue weighted by molar-refractivity contribution is 5.98. The quantitative estimate of drug-likeness (QED) is 0.103. The van der Waals surface area contributed by atoms with Crippen molar-refractivity contribution in [2.75, 3.05) is 17.2 Å². The molecule has 0 aromatic heterocycles. The molecule has 0 atom stereocenters. The summed E-state index contributed by atoms with van der Waals surface area (Å²) in [6.45, 7) is 0. The van der Waals surface area contributed by atoms with Gasteiger partial charge in [-0.25, -0.2) is 16.3 Å². The van der Waals surface area contributed by atoms with Gasteiger partial charge in [-0.1, -0.05) is 0 Å². The van der Waals surface area contributed by atoms with E-state index in [1.807, 2.05) is 0 Å². The van der Waals surface area contributed by atoms with Gasteiger partial charge < -0.3 is 17.2 Å². The molecule has 0 aliphatic carbocycles. The highest BCUT2D eigenvalue weighted by Crippen LogP contribution is 2.09. The first-order valence-electron chi connectivity index (χ1n) is 12.5. The minimum Gasteiger partial charge on any atom is -0.399 e. The second-order valence-electron chi connectivity index (χ2n) is 8.90. The van der Waals surface area contributed by atoms with Crippen molar-refractivity contribution in [3.63, 3.8) is 0 Å². The molecule has 0 aliphatic rings. The van der Waals surface area contributed by atoms with Gasteiger partial charge >= 0.3 is 0 Å². The summed E-state index contributed by atoms with van der Waals surface area (Å²) in [7, 11) is 0. The summed E-state index contributed by atoms with van der Waals surface area (Å²) in [5.41, 5.74) is 28.9. The largest absolute Gasteiger partial charge is 0.399 e. The molecule has 12 heteroatoms. The average molecular weight is 562 g/mol. The molecule has 0 saturated heterocycles. The third kappa shape index (κ3) is 8.35. The Bertz CT molecular complexity index is 1450. The van der Waals surface area contributed by atoms with E-state index >= 15 is 0 Å². The van der Waals surface area contributed by atoms with Crippen LogP contribution < -0.4 is 33.5 Å². The summed E-state index contributed by atoms with van der Waals surface area (Å²) in [5.74, 6) is -1.25. The molecule has 0 bridgehead atoms. The Kier molecular flexibility index (Phi) is 9.34. The lowest BCUT2D eigenvalue weighted by molar-refractivity contribution is 0.0947. The fourth-order valence-corrected chi connectivity index (χ4v) is 3.52. The van der Waals surface area contributed by atoms with Crippen LogP contribution in [-0.2, 0) is 0 Å². The lowest BCUT2D eigenvalue weighted by Gasteiger charge is -2.04. The predicted molar refractivity (Wildman–Crippen MR) is 164 cm³/mol. The Morgan fingerprint density at radius 1 is 0.452 bits per heavy atom.